The van der Waals surface area contributed by atoms with Gasteiger partial charge in [0.1, 0.15) is 34.2 Å². The molecule has 8 heteroatoms. The van der Waals surface area contributed by atoms with E-state index in [2.05, 4.69) is 0 Å². The Labute approximate surface area is 272 Å². The maximum Gasteiger partial charge on any atom is 0.314 e. The number of hydrogen-bond donors (Lipinski definition) is 1. The second-order valence-electron chi connectivity index (χ2n) is 14.9. The van der Waals surface area contributed by atoms with Gasteiger partial charge in [0.2, 0.25) is 0 Å². The van der Waals surface area contributed by atoms with Crippen LogP contribution in [0.4, 0.5) is 0 Å². The zero-order chi connectivity index (χ0) is 31.8. The number of benzene rings is 2. The minimum absolute atomic E-state index is 0.0472. The van der Waals surface area contributed by atoms with Gasteiger partial charge in [0.05, 0.1) is 17.4 Å². The molecule has 1 N–H and O–H groups in total. The number of carbonyl (C=O) groups excluding carboxylic acids is 2. The van der Waals surface area contributed by atoms with Crippen LogP contribution in [0.1, 0.15) is 103 Å². The van der Waals surface area contributed by atoms with E-state index in [-0.39, 0.29) is 52.6 Å². The molecule has 7 aliphatic rings. The van der Waals surface area contributed by atoms with E-state index >= 15 is 0 Å². The van der Waals surface area contributed by atoms with Crippen molar-refractivity contribution in [3.8, 4) is 23.0 Å². The largest absolute Gasteiger partial charge is 0.487 e. The Hall–Kier alpha value is -3.10. The molecule has 248 valence electrons. The first-order valence-corrected chi connectivity index (χ1v) is 17.4. The van der Waals surface area contributed by atoms with Crippen molar-refractivity contribution in [1.29, 1.82) is 0 Å². The van der Waals surface area contributed by atoms with Gasteiger partial charge in [-0.25, -0.2) is 0 Å². The van der Waals surface area contributed by atoms with Crippen LogP contribution >= 0.6 is 0 Å². The molecule has 0 spiro atoms. The molecule has 0 aliphatic heterocycles. The fourth-order valence-corrected chi connectivity index (χ4v) is 8.81. The van der Waals surface area contributed by atoms with Crippen molar-refractivity contribution in [3.05, 3.63) is 48.5 Å². The van der Waals surface area contributed by atoms with Gasteiger partial charge in [-0.3, -0.25) is 9.59 Å². The molecule has 46 heavy (non-hydrogen) atoms. The van der Waals surface area contributed by atoms with E-state index in [1.54, 1.807) is 24.3 Å². The SMILES string of the molecule is COC12CCC(Oc3ccc(OC(=O)C4CCC(C(=O)Oc5ccc(OC67CCC(CO)(CC6)CC7)cc5)CC4)cc3)(CC1)CC2. The van der Waals surface area contributed by atoms with Crippen molar-refractivity contribution in [2.75, 3.05) is 13.7 Å². The van der Waals surface area contributed by atoms with Crippen molar-refractivity contribution < 1.29 is 38.4 Å². The van der Waals surface area contributed by atoms with Gasteiger partial charge >= 0.3 is 11.9 Å². The van der Waals surface area contributed by atoms with E-state index in [0.717, 1.165) is 88.5 Å². The third-order valence-electron chi connectivity index (χ3n) is 12.4. The fourth-order valence-electron chi connectivity index (χ4n) is 8.81. The highest BCUT2D eigenvalue weighted by Crippen LogP contribution is 2.54. The predicted octanol–water partition coefficient (Wildman–Crippen LogP) is 7.34. The van der Waals surface area contributed by atoms with Crippen LogP contribution in [-0.2, 0) is 14.3 Å². The second-order valence-corrected chi connectivity index (χ2v) is 14.9. The first kappa shape index (κ1) is 31.5. The Balaban J connectivity index is 0.842. The standard InChI is InChI=1S/C38H48O8/c1-42-36-20-23-38(24-21-36,25-22-36)46-32-12-8-30(9-13-32)44-34(41)28-4-2-27(3-5-28)33(40)43-29-6-10-31(11-7-29)45-37-17-14-35(26-39,15-18-37)16-19-37/h6-13,27-28,39H,2-5,14-26H2,1H3. The molecule has 7 fully saturated rings. The molecule has 0 aromatic heterocycles. The number of rotatable bonds is 10. The topological polar surface area (TPSA) is 101 Å². The van der Waals surface area contributed by atoms with E-state index < -0.39 is 0 Å². The summed E-state index contributed by atoms with van der Waals surface area (Å²) in [7, 11) is 1.82. The number of esters is 2. The van der Waals surface area contributed by atoms with E-state index in [1.165, 1.54) is 0 Å². The van der Waals surface area contributed by atoms with Crippen molar-refractivity contribution in [1.82, 2.24) is 0 Å². The van der Waals surface area contributed by atoms with Gasteiger partial charge < -0.3 is 28.8 Å². The molecule has 0 amide bonds. The van der Waals surface area contributed by atoms with Crippen molar-refractivity contribution in [2.45, 2.75) is 120 Å². The van der Waals surface area contributed by atoms with Crippen LogP contribution in [0.5, 0.6) is 23.0 Å². The van der Waals surface area contributed by atoms with Crippen LogP contribution < -0.4 is 18.9 Å². The first-order chi connectivity index (χ1) is 22.2. The van der Waals surface area contributed by atoms with Crippen LogP contribution in [0, 0.1) is 17.3 Å². The molecule has 9 rings (SSSR count). The molecule has 0 unspecified atom stereocenters. The molecular formula is C38H48O8. The average Bonchev–Trinajstić information content (AvgIpc) is 3.11. The summed E-state index contributed by atoms with van der Waals surface area (Å²) in [6, 6.07) is 14.7. The van der Waals surface area contributed by atoms with Crippen LogP contribution in [-0.4, -0.2) is 47.6 Å². The zero-order valence-electron chi connectivity index (χ0n) is 27.1. The molecular weight excluding hydrogens is 584 g/mol. The van der Waals surface area contributed by atoms with E-state index in [0.29, 0.717) is 37.2 Å². The van der Waals surface area contributed by atoms with Gasteiger partial charge in [0.15, 0.2) is 0 Å². The smallest absolute Gasteiger partial charge is 0.314 e. The normalized spacial score (nSPS) is 34.9. The van der Waals surface area contributed by atoms with Gasteiger partial charge in [0.25, 0.3) is 0 Å². The number of hydrogen-bond acceptors (Lipinski definition) is 8. The average molecular weight is 633 g/mol. The van der Waals surface area contributed by atoms with Crippen molar-refractivity contribution in [3.63, 3.8) is 0 Å². The molecule has 2 aromatic carbocycles. The monoisotopic (exact) mass is 632 g/mol. The molecule has 2 aromatic rings. The summed E-state index contributed by atoms with van der Waals surface area (Å²) in [4.78, 5) is 25.9. The molecule has 0 radical (unpaired) electrons. The van der Waals surface area contributed by atoms with Crippen LogP contribution in [0.15, 0.2) is 48.5 Å². The van der Waals surface area contributed by atoms with Gasteiger partial charge in [0, 0.05) is 13.7 Å². The maximum atomic E-state index is 12.9. The fraction of sp³-hybridized carbons (Fsp3) is 0.632. The molecule has 8 nitrogen and oxygen atoms in total. The minimum Gasteiger partial charge on any atom is -0.487 e. The highest BCUT2D eigenvalue weighted by Gasteiger charge is 2.51. The second kappa shape index (κ2) is 12.5. The summed E-state index contributed by atoms with van der Waals surface area (Å²) in [6.07, 6.45) is 14.5. The lowest BCUT2D eigenvalue weighted by Crippen LogP contribution is -2.53. The summed E-state index contributed by atoms with van der Waals surface area (Å²) < 4.78 is 30.2. The molecule has 7 aliphatic carbocycles. The van der Waals surface area contributed by atoms with Crippen LogP contribution in [0.2, 0.25) is 0 Å². The predicted molar refractivity (Wildman–Crippen MR) is 171 cm³/mol. The summed E-state index contributed by atoms with van der Waals surface area (Å²) >= 11 is 0. The molecule has 0 saturated heterocycles. The van der Waals surface area contributed by atoms with Crippen molar-refractivity contribution >= 4 is 11.9 Å². The zero-order valence-corrected chi connectivity index (χ0v) is 27.1. The highest BCUT2D eigenvalue weighted by molar-refractivity contribution is 5.77. The number of aliphatic hydroxyl groups excluding tert-OH is 1. The summed E-state index contributed by atoms with van der Waals surface area (Å²) in [5.41, 5.74) is -0.106. The highest BCUT2D eigenvalue weighted by atomic mass is 16.5. The maximum absolute atomic E-state index is 12.9. The van der Waals surface area contributed by atoms with Crippen LogP contribution in [0.25, 0.3) is 0 Å². The van der Waals surface area contributed by atoms with E-state index in [1.807, 2.05) is 31.4 Å². The number of ether oxygens (including phenoxy) is 5. The van der Waals surface area contributed by atoms with Gasteiger partial charge in [-0.1, -0.05) is 0 Å². The third-order valence-corrected chi connectivity index (χ3v) is 12.4. The number of aliphatic hydroxyl groups is 1. The summed E-state index contributed by atoms with van der Waals surface area (Å²) in [6.45, 7) is 0.275. The van der Waals surface area contributed by atoms with E-state index in [4.69, 9.17) is 23.7 Å². The lowest BCUT2D eigenvalue weighted by Gasteiger charge is -2.52. The Morgan fingerprint density at radius 1 is 0.565 bits per heavy atom. The Morgan fingerprint density at radius 3 is 1.24 bits per heavy atom. The molecule has 0 heterocycles. The van der Waals surface area contributed by atoms with Crippen LogP contribution in [0.3, 0.4) is 0 Å². The quantitative estimate of drug-likeness (QED) is 0.215. The molecule has 7 saturated carbocycles. The lowest BCUT2D eigenvalue weighted by molar-refractivity contribution is -0.145. The summed E-state index contributed by atoms with van der Waals surface area (Å²) in [5.74, 6) is 1.64. The molecule has 4 bridgehead atoms. The molecule has 0 atom stereocenters. The number of carbonyl (C=O) groups is 2. The Bertz CT molecular complexity index is 1230. The Morgan fingerprint density at radius 2 is 0.891 bits per heavy atom. The van der Waals surface area contributed by atoms with Gasteiger partial charge in [-0.15, -0.1) is 0 Å². The van der Waals surface area contributed by atoms with E-state index in [9.17, 15) is 14.7 Å². The minimum atomic E-state index is -0.252. The van der Waals surface area contributed by atoms with Gasteiger partial charge in [-0.05, 0) is 157 Å². The van der Waals surface area contributed by atoms with Gasteiger partial charge in [-0.2, -0.15) is 0 Å². The lowest BCUT2D eigenvalue weighted by atomic mass is 9.59. The third kappa shape index (κ3) is 6.40. The summed E-state index contributed by atoms with van der Waals surface area (Å²) in [5, 5.41) is 9.79. The number of methoxy groups -OCH3 is 1. The first-order valence-electron chi connectivity index (χ1n) is 17.4. The Kier molecular flexibility index (Phi) is 8.55. The van der Waals surface area contributed by atoms with Crippen molar-refractivity contribution in [2.24, 2.45) is 17.3 Å². The number of fused-ring (bicyclic) bond motifs is 6.